The van der Waals surface area contributed by atoms with Gasteiger partial charge in [-0.2, -0.15) is 0 Å². The quantitative estimate of drug-likeness (QED) is 0.624. The molecule has 3 N–H and O–H groups in total. The molecule has 2 rings (SSSR count). The Morgan fingerprint density at radius 1 is 1.00 bits per heavy atom. The van der Waals surface area contributed by atoms with Crippen molar-refractivity contribution in [3.05, 3.63) is 54.6 Å². The van der Waals surface area contributed by atoms with Crippen LogP contribution in [0.15, 0.2) is 64.6 Å². The molecule has 0 fully saturated rings. The number of benzene rings is 2. The summed E-state index contributed by atoms with van der Waals surface area (Å²) in [6, 6.07) is 17.8. The molecule has 0 aliphatic carbocycles. The number of nitrogens with two attached hydrogens (primary N) is 1. The van der Waals surface area contributed by atoms with Gasteiger partial charge in [-0.05, 0) is 28.7 Å². The molecule has 2 atom stereocenters. The lowest BCUT2D eigenvalue weighted by Gasteiger charge is -2.30. The number of ether oxygens (including phenoxy) is 1. The summed E-state index contributed by atoms with van der Waals surface area (Å²) in [5.74, 6) is 0.627. The van der Waals surface area contributed by atoms with E-state index in [4.69, 9.17) is 10.5 Å². The lowest BCUT2D eigenvalue weighted by Crippen LogP contribution is -2.40. The molecule has 0 amide bonds. The van der Waals surface area contributed by atoms with Crippen LogP contribution < -0.4 is 10.5 Å². The van der Waals surface area contributed by atoms with Crippen LogP contribution in [0.25, 0.3) is 11.1 Å². The Hall–Kier alpha value is -2.66. The van der Waals surface area contributed by atoms with Crippen molar-refractivity contribution in [2.45, 2.75) is 33.1 Å². The van der Waals surface area contributed by atoms with Gasteiger partial charge in [-0.15, -0.1) is 0 Å². The van der Waals surface area contributed by atoms with Gasteiger partial charge in [0, 0.05) is 0 Å². The highest BCUT2D eigenvalue weighted by Gasteiger charge is 2.31. The molecule has 2 unspecified atom stereocenters. The number of aliphatic hydroxyl groups is 1. The zero-order chi connectivity index (χ0) is 18.3. The lowest BCUT2D eigenvalue weighted by atomic mass is 9.88. The van der Waals surface area contributed by atoms with Crippen LogP contribution >= 0.6 is 0 Å². The van der Waals surface area contributed by atoms with Crippen LogP contribution in [-0.2, 0) is 0 Å². The van der Waals surface area contributed by atoms with Crippen molar-refractivity contribution >= 4 is 12.7 Å². The lowest BCUT2D eigenvalue weighted by molar-refractivity contribution is -0.0272. The molecule has 0 heterocycles. The summed E-state index contributed by atoms with van der Waals surface area (Å²) in [5, 5.41) is 10.5. The fourth-order valence-electron chi connectivity index (χ4n) is 2.24. The van der Waals surface area contributed by atoms with Crippen LogP contribution in [-0.4, -0.2) is 30.1 Å². The number of aliphatic hydroxyl groups excluding tert-OH is 1. The third-order valence-corrected chi connectivity index (χ3v) is 3.74. The van der Waals surface area contributed by atoms with E-state index in [1.165, 1.54) is 6.34 Å². The van der Waals surface area contributed by atoms with E-state index in [1.807, 2.05) is 63.2 Å². The Bertz CT molecular complexity index is 704. The summed E-state index contributed by atoms with van der Waals surface area (Å²) >= 11 is 0. The standard InChI is InChI=1S/C20H25N3O2/c1-20(2,3)18(24)19(23-14-22-13-21)25-17-11-9-16(10-12-17)15-7-5-4-6-8-15/h4-14,18-19,24H,1-3H3,(H2,21,22,23). The molecule has 0 saturated carbocycles. The molecule has 0 radical (unpaired) electrons. The first kappa shape index (κ1) is 18.7. The van der Waals surface area contributed by atoms with Gasteiger partial charge < -0.3 is 15.6 Å². The summed E-state index contributed by atoms with van der Waals surface area (Å²) in [7, 11) is 0. The van der Waals surface area contributed by atoms with Crippen molar-refractivity contribution in [1.82, 2.24) is 0 Å². The summed E-state index contributed by atoms with van der Waals surface area (Å²) < 4.78 is 5.88. The molecule has 0 bridgehead atoms. The van der Waals surface area contributed by atoms with Crippen molar-refractivity contribution < 1.29 is 9.84 Å². The third-order valence-electron chi connectivity index (χ3n) is 3.74. The van der Waals surface area contributed by atoms with Crippen LogP contribution in [0, 0.1) is 5.41 Å². The molecule has 0 aliphatic rings. The molecule has 2 aromatic carbocycles. The highest BCUT2D eigenvalue weighted by molar-refractivity contribution is 5.69. The van der Waals surface area contributed by atoms with E-state index in [0.717, 1.165) is 17.5 Å². The molecule has 0 saturated heterocycles. The first-order chi connectivity index (χ1) is 11.9. The summed E-state index contributed by atoms with van der Waals surface area (Å²) in [6.07, 6.45) is 0.855. The maximum absolute atomic E-state index is 10.5. The van der Waals surface area contributed by atoms with Crippen molar-refractivity contribution in [2.24, 2.45) is 21.1 Å². The third kappa shape index (κ3) is 5.43. The number of nitrogens with zero attached hydrogens (tertiary/aromatic N) is 2. The van der Waals surface area contributed by atoms with E-state index in [9.17, 15) is 5.11 Å². The van der Waals surface area contributed by atoms with Crippen molar-refractivity contribution in [3.8, 4) is 16.9 Å². The van der Waals surface area contributed by atoms with E-state index in [-0.39, 0.29) is 0 Å². The highest BCUT2D eigenvalue weighted by atomic mass is 16.5. The molecule has 132 valence electrons. The van der Waals surface area contributed by atoms with Gasteiger partial charge in [-0.3, -0.25) is 0 Å². The van der Waals surface area contributed by atoms with E-state index >= 15 is 0 Å². The zero-order valence-corrected chi connectivity index (χ0v) is 14.8. The minimum atomic E-state index is -0.800. The van der Waals surface area contributed by atoms with Crippen LogP contribution in [0.2, 0.25) is 0 Å². The van der Waals surface area contributed by atoms with Crippen LogP contribution in [0.5, 0.6) is 5.75 Å². The SMILES string of the molecule is CC(C)(C)C(O)C(/N=C/N=CN)Oc1ccc(-c2ccccc2)cc1. The van der Waals surface area contributed by atoms with Gasteiger partial charge in [0.05, 0.1) is 6.34 Å². The Balaban J connectivity index is 2.17. The number of aliphatic imine (C=N–C) groups is 2. The number of rotatable bonds is 6. The summed E-state index contributed by atoms with van der Waals surface area (Å²) in [5.41, 5.74) is 7.05. The summed E-state index contributed by atoms with van der Waals surface area (Å²) in [4.78, 5) is 7.92. The Labute approximate surface area is 148 Å². The van der Waals surface area contributed by atoms with Crippen molar-refractivity contribution in [3.63, 3.8) is 0 Å². The van der Waals surface area contributed by atoms with Gasteiger partial charge in [0.25, 0.3) is 0 Å². The Kier molecular flexibility index (Phi) is 6.31. The predicted octanol–water partition coefficient (Wildman–Crippen LogP) is 3.48. The normalized spacial score (nSPS) is 14.7. The summed E-state index contributed by atoms with van der Waals surface area (Å²) in [6.45, 7) is 5.77. The highest BCUT2D eigenvalue weighted by Crippen LogP contribution is 2.27. The van der Waals surface area contributed by atoms with E-state index < -0.39 is 17.7 Å². The van der Waals surface area contributed by atoms with Gasteiger partial charge in [-0.1, -0.05) is 63.2 Å². The average molecular weight is 339 g/mol. The molecule has 2 aromatic rings. The second-order valence-electron chi connectivity index (χ2n) is 6.77. The van der Waals surface area contributed by atoms with Gasteiger partial charge >= 0.3 is 0 Å². The monoisotopic (exact) mass is 339 g/mol. The van der Waals surface area contributed by atoms with Gasteiger partial charge in [-0.25, -0.2) is 9.98 Å². The maximum atomic E-state index is 10.5. The van der Waals surface area contributed by atoms with Crippen molar-refractivity contribution in [2.75, 3.05) is 0 Å². The molecular weight excluding hydrogens is 314 g/mol. The van der Waals surface area contributed by atoms with Crippen LogP contribution in [0.4, 0.5) is 0 Å². The van der Waals surface area contributed by atoms with E-state index in [0.29, 0.717) is 5.75 Å². The molecule has 0 spiro atoms. The average Bonchev–Trinajstić information content (AvgIpc) is 2.61. The minimum Gasteiger partial charge on any atom is -0.466 e. The molecule has 5 nitrogen and oxygen atoms in total. The molecule has 25 heavy (non-hydrogen) atoms. The topological polar surface area (TPSA) is 80.2 Å². The second kappa shape index (κ2) is 8.44. The zero-order valence-electron chi connectivity index (χ0n) is 14.8. The molecular formula is C20H25N3O2. The maximum Gasteiger partial charge on any atom is 0.217 e. The van der Waals surface area contributed by atoms with Gasteiger partial charge in [0.1, 0.15) is 18.2 Å². The molecule has 5 heteroatoms. The van der Waals surface area contributed by atoms with Gasteiger partial charge in [0.2, 0.25) is 6.23 Å². The molecule has 0 aromatic heterocycles. The fourth-order valence-corrected chi connectivity index (χ4v) is 2.24. The smallest absolute Gasteiger partial charge is 0.217 e. The van der Waals surface area contributed by atoms with E-state index in [1.54, 1.807) is 0 Å². The van der Waals surface area contributed by atoms with Crippen LogP contribution in [0.1, 0.15) is 20.8 Å². The molecule has 0 aliphatic heterocycles. The number of hydrogen-bond donors (Lipinski definition) is 2. The fraction of sp³-hybridized carbons (Fsp3) is 0.300. The van der Waals surface area contributed by atoms with Crippen molar-refractivity contribution in [1.29, 1.82) is 0 Å². The Morgan fingerprint density at radius 3 is 2.16 bits per heavy atom. The van der Waals surface area contributed by atoms with E-state index in [2.05, 4.69) is 22.1 Å². The number of hydrogen-bond acceptors (Lipinski definition) is 3. The first-order valence-corrected chi connectivity index (χ1v) is 8.17. The van der Waals surface area contributed by atoms with Crippen LogP contribution in [0.3, 0.4) is 0 Å². The van der Waals surface area contributed by atoms with Gasteiger partial charge in [0.15, 0.2) is 0 Å². The second-order valence-corrected chi connectivity index (χ2v) is 6.77. The minimum absolute atomic E-state index is 0.390. The first-order valence-electron chi connectivity index (χ1n) is 8.17. The predicted molar refractivity (Wildman–Crippen MR) is 103 cm³/mol. The largest absolute Gasteiger partial charge is 0.466 e. The Morgan fingerprint density at radius 2 is 1.60 bits per heavy atom.